The first kappa shape index (κ1) is 10.3. The average Bonchev–Trinajstić information content (AvgIpc) is 1.87. The molecule has 4 heteroatoms. The Morgan fingerprint density at radius 3 is 1.55 bits per heavy atom. The first-order valence-electron chi connectivity index (χ1n) is 3.32. The van der Waals surface area contributed by atoms with Gasteiger partial charge in [-0.05, 0) is 13.8 Å². The third kappa shape index (κ3) is 3.85. The fraction of sp³-hybridized carbons (Fsp3) is 0.571. The topological polar surface area (TPSA) is 86.2 Å². The SMILES string of the molecule is CC(=O)C(N)[CH]C(N)C(C)=O. The van der Waals surface area contributed by atoms with E-state index in [1.54, 1.807) is 0 Å². The summed E-state index contributed by atoms with van der Waals surface area (Å²) in [5.74, 6) is -0.386. The van der Waals surface area contributed by atoms with Crippen molar-refractivity contribution in [2.75, 3.05) is 0 Å². The summed E-state index contributed by atoms with van der Waals surface area (Å²) in [7, 11) is 0. The lowest BCUT2D eigenvalue weighted by atomic mass is 10.0. The molecular weight excluding hydrogens is 144 g/mol. The van der Waals surface area contributed by atoms with Crippen LogP contribution >= 0.6 is 0 Å². The minimum Gasteiger partial charge on any atom is -0.321 e. The fourth-order valence-corrected chi connectivity index (χ4v) is 0.494. The predicted octanol–water partition coefficient (Wildman–Crippen LogP) is -0.977. The molecule has 4 nitrogen and oxygen atoms in total. The van der Waals surface area contributed by atoms with E-state index in [4.69, 9.17) is 11.5 Å². The lowest BCUT2D eigenvalue weighted by Crippen LogP contribution is -2.40. The number of carbonyl (C=O) groups excluding carboxylic acids is 2. The molecule has 4 N–H and O–H groups in total. The molecule has 0 aliphatic heterocycles. The number of Topliss-reactive ketones (excluding diaryl/α,β-unsaturated/α-hetero) is 2. The highest BCUT2D eigenvalue weighted by Gasteiger charge is 2.16. The van der Waals surface area contributed by atoms with E-state index < -0.39 is 12.1 Å². The number of carbonyl (C=O) groups is 2. The zero-order valence-corrected chi connectivity index (χ0v) is 6.70. The number of hydrogen-bond donors (Lipinski definition) is 2. The van der Waals surface area contributed by atoms with E-state index in [0.717, 1.165) is 0 Å². The van der Waals surface area contributed by atoms with E-state index in [0.29, 0.717) is 0 Å². The normalized spacial score (nSPS) is 15.6. The van der Waals surface area contributed by atoms with E-state index in [9.17, 15) is 9.59 Å². The maximum Gasteiger partial charge on any atom is 0.146 e. The molecule has 0 aromatic rings. The molecule has 0 heterocycles. The summed E-state index contributed by atoms with van der Waals surface area (Å²) in [4.78, 5) is 21.2. The lowest BCUT2D eigenvalue weighted by Gasteiger charge is -2.10. The van der Waals surface area contributed by atoms with Gasteiger partial charge in [0.2, 0.25) is 0 Å². The Morgan fingerprint density at radius 2 is 1.36 bits per heavy atom. The molecule has 0 aliphatic rings. The van der Waals surface area contributed by atoms with Crippen molar-refractivity contribution >= 4 is 11.6 Å². The Bertz CT molecular complexity index is 150. The molecule has 2 unspecified atom stereocenters. The summed E-state index contributed by atoms with van der Waals surface area (Å²) in [6.45, 7) is 2.71. The van der Waals surface area contributed by atoms with Gasteiger partial charge in [-0.3, -0.25) is 9.59 Å². The zero-order chi connectivity index (χ0) is 9.02. The van der Waals surface area contributed by atoms with E-state index in [-0.39, 0.29) is 11.6 Å². The van der Waals surface area contributed by atoms with Gasteiger partial charge < -0.3 is 11.5 Å². The zero-order valence-electron chi connectivity index (χ0n) is 6.70. The van der Waals surface area contributed by atoms with Crippen LogP contribution in [0.1, 0.15) is 13.8 Å². The monoisotopic (exact) mass is 157 g/mol. The molecular formula is C7H13N2O2. The molecule has 2 atom stereocenters. The van der Waals surface area contributed by atoms with Crippen LogP contribution in [0.5, 0.6) is 0 Å². The van der Waals surface area contributed by atoms with Gasteiger partial charge in [0.25, 0.3) is 0 Å². The average molecular weight is 157 g/mol. The van der Waals surface area contributed by atoms with Crippen molar-refractivity contribution in [1.82, 2.24) is 0 Å². The third-order valence-corrected chi connectivity index (χ3v) is 1.35. The van der Waals surface area contributed by atoms with Gasteiger partial charge in [0, 0.05) is 6.42 Å². The van der Waals surface area contributed by atoms with Gasteiger partial charge in [-0.25, -0.2) is 0 Å². The van der Waals surface area contributed by atoms with Crippen molar-refractivity contribution in [3.05, 3.63) is 6.42 Å². The maximum absolute atomic E-state index is 10.6. The Morgan fingerprint density at radius 1 is 1.09 bits per heavy atom. The van der Waals surface area contributed by atoms with Crippen molar-refractivity contribution in [3.63, 3.8) is 0 Å². The Labute approximate surface area is 65.9 Å². The van der Waals surface area contributed by atoms with E-state index in [1.807, 2.05) is 0 Å². The summed E-state index contributed by atoms with van der Waals surface area (Å²) >= 11 is 0. The van der Waals surface area contributed by atoms with Gasteiger partial charge in [-0.1, -0.05) is 0 Å². The van der Waals surface area contributed by atoms with Gasteiger partial charge >= 0.3 is 0 Å². The summed E-state index contributed by atoms with van der Waals surface area (Å²) in [5, 5.41) is 0. The summed E-state index contributed by atoms with van der Waals surface area (Å²) in [6, 6.07) is -1.46. The molecule has 0 saturated carbocycles. The van der Waals surface area contributed by atoms with Gasteiger partial charge in [0.05, 0.1) is 12.1 Å². The maximum atomic E-state index is 10.6. The van der Waals surface area contributed by atoms with Crippen molar-refractivity contribution in [2.24, 2.45) is 11.5 Å². The third-order valence-electron chi connectivity index (χ3n) is 1.35. The second-order valence-corrected chi connectivity index (χ2v) is 2.47. The van der Waals surface area contributed by atoms with Crippen LogP contribution in [0.4, 0.5) is 0 Å². The van der Waals surface area contributed by atoms with E-state index in [1.165, 1.54) is 20.3 Å². The van der Waals surface area contributed by atoms with E-state index >= 15 is 0 Å². The van der Waals surface area contributed by atoms with E-state index in [2.05, 4.69) is 0 Å². The highest BCUT2D eigenvalue weighted by Crippen LogP contribution is 1.93. The molecule has 0 spiro atoms. The minimum absolute atomic E-state index is 0.193. The van der Waals surface area contributed by atoms with Crippen molar-refractivity contribution < 1.29 is 9.59 Å². The molecule has 63 valence electrons. The van der Waals surface area contributed by atoms with Crippen molar-refractivity contribution in [3.8, 4) is 0 Å². The van der Waals surface area contributed by atoms with Gasteiger partial charge in [0.15, 0.2) is 0 Å². The van der Waals surface area contributed by atoms with Crippen LogP contribution in [-0.2, 0) is 9.59 Å². The highest BCUT2D eigenvalue weighted by molar-refractivity contribution is 5.87. The number of ketones is 2. The van der Waals surface area contributed by atoms with Gasteiger partial charge in [-0.15, -0.1) is 0 Å². The number of nitrogens with two attached hydrogens (primary N) is 2. The van der Waals surface area contributed by atoms with Gasteiger partial charge in [-0.2, -0.15) is 0 Å². The number of rotatable bonds is 4. The largest absolute Gasteiger partial charge is 0.321 e. The Hall–Kier alpha value is -0.740. The minimum atomic E-state index is -0.728. The molecule has 0 rings (SSSR count). The predicted molar refractivity (Wildman–Crippen MR) is 41.6 cm³/mol. The van der Waals surface area contributed by atoms with Crippen LogP contribution in [0, 0.1) is 6.42 Å². The molecule has 11 heavy (non-hydrogen) atoms. The standard InChI is InChI=1S/C7H13N2O2/c1-4(10)6(8)3-7(9)5(2)11/h3,6-7H,8-9H2,1-2H3. The molecule has 0 fully saturated rings. The summed E-state index contributed by atoms with van der Waals surface area (Å²) < 4.78 is 0. The Kier molecular flexibility index (Phi) is 3.92. The van der Waals surface area contributed by atoms with Gasteiger partial charge in [0.1, 0.15) is 11.6 Å². The van der Waals surface area contributed by atoms with Crippen molar-refractivity contribution in [1.29, 1.82) is 0 Å². The van der Waals surface area contributed by atoms with Crippen molar-refractivity contribution in [2.45, 2.75) is 25.9 Å². The lowest BCUT2D eigenvalue weighted by molar-refractivity contribution is -0.118. The molecule has 0 aliphatic carbocycles. The fourth-order valence-electron chi connectivity index (χ4n) is 0.494. The number of hydrogen-bond acceptors (Lipinski definition) is 4. The smallest absolute Gasteiger partial charge is 0.146 e. The van der Waals surface area contributed by atoms with Crippen LogP contribution in [0.2, 0.25) is 0 Å². The highest BCUT2D eigenvalue weighted by atomic mass is 16.1. The quantitative estimate of drug-likeness (QED) is 0.549. The second kappa shape index (κ2) is 4.20. The first-order valence-corrected chi connectivity index (χ1v) is 3.32. The van der Waals surface area contributed by atoms with Crippen LogP contribution in [0.15, 0.2) is 0 Å². The van der Waals surface area contributed by atoms with Crippen LogP contribution in [-0.4, -0.2) is 23.7 Å². The van der Waals surface area contributed by atoms with Crippen LogP contribution < -0.4 is 11.5 Å². The molecule has 1 radical (unpaired) electrons. The first-order chi connectivity index (χ1) is 4.95. The summed E-state index contributed by atoms with van der Waals surface area (Å²) in [6.07, 6.45) is 1.34. The molecule has 0 aromatic carbocycles. The second-order valence-electron chi connectivity index (χ2n) is 2.47. The molecule has 0 bridgehead atoms. The van der Waals surface area contributed by atoms with Crippen LogP contribution in [0.25, 0.3) is 0 Å². The molecule has 0 amide bonds. The molecule has 0 aromatic heterocycles. The van der Waals surface area contributed by atoms with Crippen LogP contribution in [0.3, 0.4) is 0 Å². The summed E-state index contributed by atoms with van der Waals surface area (Å²) in [5.41, 5.74) is 10.6. The Balaban J connectivity index is 3.84. The molecule has 0 saturated heterocycles.